The van der Waals surface area contributed by atoms with E-state index in [0.717, 1.165) is 0 Å². The number of rotatable bonds is 4. The van der Waals surface area contributed by atoms with Crippen molar-refractivity contribution in [2.24, 2.45) is 17.5 Å². The second kappa shape index (κ2) is 5.12. The average molecular weight is 212 g/mol. The van der Waals surface area contributed by atoms with Gasteiger partial charge in [-0.1, -0.05) is 5.59 Å². The van der Waals surface area contributed by atoms with E-state index < -0.39 is 5.97 Å². The molecule has 0 amide bonds. The molecule has 1 aromatic rings. The van der Waals surface area contributed by atoms with Crippen LogP contribution in [-0.4, -0.2) is 5.97 Å². The molecule has 0 unspecified atom stereocenters. The minimum atomic E-state index is -0.627. The van der Waals surface area contributed by atoms with Gasteiger partial charge in [-0.3, -0.25) is 11.7 Å². The first-order valence-corrected chi connectivity index (χ1v) is 3.97. The molecule has 0 spiro atoms. The zero-order valence-electron chi connectivity index (χ0n) is 7.78. The highest BCUT2D eigenvalue weighted by atomic mass is 16.7. The minimum absolute atomic E-state index is 0.278. The van der Waals surface area contributed by atoms with Crippen LogP contribution in [0.3, 0.4) is 0 Å². The standard InChI is InChI=1S/C7H12N6O2/c8-11-5-2-1-4(3-6(5)12-9)7(14)15-13-10/h1-3,11-13H,8-10H2. The lowest BCUT2D eigenvalue weighted by Crippen LogP contribution is -2.26. The lowest BCUT2D eigenvalue weighted by atomic mass is 10.2. The van der Waals surface area contributed by atoms with Crippen molar-refractivity contribution in [2.45, 2.75) is 0 Å². The van der Waals surface area contributed by atoms with Crippen molar-refractivity contribution in [3.05, 3.63) is 23.8 Å². The number of nitrogens with one attached hydrogen (secondary N) is 3. The van der Waals surface area contributed by atoms with Gasteiger partial charge in [-0.15, -0.1) is 0 Å². The molecule has 0 atom stereocenters. The molecule has 1 rings (SSSR count). The van der Waals surface area contributed by atoms with Gasteiger partial charge in [-0.05, 0) is 18.2 Å². The number of hydrogen-bond donors (Lipinski definition) is 6. The molecule has 0 aliphatic carbocycles. The molecular weight excluding hydrogens is 200 g/mol. The van der Waals surface area contributed by atoms with Crippen molar-refractivity contribution in [1.82, 2.24) is 5.59 Å². The van der Waals surface area contributed by atoms with Crippen LogP contribution >= 0.6 is 0 Å². The van der Waals surface area contributed by atoms with Crippen LogP contribution in [0.15, 0.2) is 18.2 Å². The van der Waals surface area contributed by atoms with E-state index in [2.05, 4.69) is 15.7 Å². The first-order chi connectivity index (χ1) is 7.22. The molecule has 9 N–H and O–H groups in total. The van der Waals surface area contributed by atoms with Crippen LogP contribution < -0.4 is 34.0 Å². The molecule has 0 saturated heterocycles. The number of hydrogen-bond acceptors (Lipinski definition) is 8. The molecule has 0 radical (unpaired) electrons. The Kier molecular flexibility index (Phi) is 3.83. The number of carbonyl (C=O) groups excluding carboxylic acids is 1. The largest absolute Gasteiger partial charge is 0.358 e. The predicted octanol–water partition coefficient (Wildman–Crippen LogP) is -1.21. The first kappa shape index (κ1) is 11.2. The van der Waals surface area contributed by atoms with Gasteiger partial charge < -0.3 is 15.7 Å². The van der Waals surface area contributed by atoms with Crippen molar-refractivity contribution in [3.8, 4) is 0 Å². The van der Waals surface area contributed by atoms with Crippen LogP contribution in [0.2, 0.25) is 0 Å². The second-order valence-corrected chi connectivity index (χ2v) is 2.56. The van der Waals surface area contributed by atoms with Gasteiger partial charge in [0.15, 0.2) is 0 Å². The van der Waals surface area contributed by atoms with Crippen LogP contribution in [0.25, 0.3) is 0 Å². The van der Waals surface area contributed by atoms with E-state index >= 15 is 0 Å². The molecule has 0 bridgehead atoms. The van der Waals surface area contributed by atoms with Crippen molar-refractivity contribution in [1.29, 1.82) is 0 Å². The number of nitrogens with two attached hydrogens (primary N) is 3. The number of carbonyl (C=O) groups is 1. The molecule has 8 nitrogen and oxygen atoms in total. The lowest BCUT2D eigenvalue weighted by Gasteiger charge is -2.09. The Morgan fingerprint density at radius 3 is 2.33 bits per heavy atom. The Hall–Kier alpha value is -1.87. The topological polar surface area (TPSA) is 140 Å². The summed E-state index contributed by atoms with van der Waals surface area (Å²) in [4.78, 5) is 15.6. The van der Waals surface area contributed by atoms with Crippen molar-refractivity contribution < 1.29 is 9.63 Å². The highest BCUT2D eigenvalue weighted by molar-refractivity contribution is 5.92. The number of anilines is 2. The van der Waals surface area contributed by atoms with Crippen LogP contribution in [0.1, 0.15) is 10.4 Å². The number of hydrazine groups is 3. The van der Waals surface area contributed by atoms with Gasteiger partial charge in [0.2, 0.25) is 0 Å². The third-order valence-electron chi connectivity index (χ3n) is 1.72. The van der Waals surface area contributed by atoms with Gasteiger partial charge in [0.25, 0.3) is 0 Å². The van der Waals surface area contributed by atoms with Gasteiger partial charge in [-0.2, -0.15) is 0 Å². The molecule has 0 aliphatic rings. The van der Waals surface area contributed by atoms with Gasteiger partial charge >= 0.3 is 5.97 Å². The fraction of sp³-hybridized carbons (Fsp3) is 0. The Morgan fingerprint density at radius 1 is 1.13 bits per heavy atom. The molecule has 0 fully saturated rings. The van der Waals surface area contributed by atoms with Gasteiger partial charge in [0, 0.05) is 0 Å². The SMILES string of the molecule is NNOC(=O)c1ccc(NN)c(NN)c1. The third-order valence-corrected chi connectivity index (χ3v) is 1.72. The van der Waals surface area contributed by atoms with E-state index in [1.165, 1.54) is 12.1 Å². The van der Waals surface area contributed by atoms with E-state index in [1.54, 1.807) is 11.7 Å². The maximum Gasteiger partial charge on any atom is 0.358 e. The van der Waals surface area contributed by atoms with Gasteiger partial charge in [0.1, 0.15) is 0 Å². The predicted molar refractivity (Wildman–Crippen MR) is 54.8 cm³/mol. The van der Waals surface area contributed by atoms with Crippen LogP contribution in [-0.2, 0) is 4.84 Å². The fourth-order valence-electron chi connectivity index (χ4n) is 1.03. The summed E-state index contributed by atoms with van der Waals surface area (Å²) in [6.07, 6.45) is 0. The van der Waals surface area contributed by atoms with Crippen LogP contribution in [0.4, 0.5) is 11.4 Å². The maximum absolute atomic E-state index is 11.2. The summed E-state index contributed by atoms with van der Waals surface area (Å²) >= 11 is 0. The summed E-state index contributed by atoms with van der Waals surface area (Å²) in [5.41, 5.74) is 7.87. The lowest BCUT2D eigenvalue weighted by molar-refractivity contribution is 0.0254. The zero-order valence-corrected chi connectivity index (χ0v) is 7.78. The summed E-state index contributed by atoms with van der Waals surface area (Å²) < 4.78 is 0. The van der Waals surface area contributed by atoms with E-state index in [1.807, 2.05) is 0 Å². The monoisotopic (exact) mass is 212 g/mol. The minimum Gasteiger partial charge on any atom is -0.351 e. The van der Waals surface area contributed by atoms with Crippen LogP contribution in [0, 0.1) is 0 Å². The quantitative estimate of drug-likeness (QED) is 0.270. The van der Waals surface area contributed by atoms with Crippen molar-refractivity contribution in [2.75, 3.05) is 10.9 Å². The first-order valence-electron chi connectivity index (χ1n) is 3.97. The molecular formula is C7H12N6O2. The Bertz CT molecular complexity index is 355. The van der Waals surface area contributed by atoms with Gasteiger partial charge in [0.05, 0.1) is 16.9 Å². The summed E-state index contributed by atoms with van der Waals surface area (Å²) in [6.45, 7) is 0. The average Bonchev–Trinajstić information content (AvgIpc) is 2.28. The second-order valence-electron chi connectivity index (χ2n) is 2.56. The van der Waals surface area contributed by atoms with E-state index in [4.69, 9.17) is 17.5 Å². The van der Waals surface area contributed by atoms with E-state index in [-0.39, 0.29) is 5.56 Å². The Morgan fingerprint density at radius 2 is 1.80 bits per heavy atom. The van der Waals surface area contributed by atoms with E-state index in [0.29, 0.717) is 11.4 Å². The summed E-state index contributed by atoms with van der Waals surface area (Å²) in [6, 6.07) is 4.55. The molecule has 0 saturated carbocycles. The van der Waals surface area contributed by atoms with Crippen molar-refractivity contribution in [3.63, 3.8) is 0 Å². The van der Waals surface area contributed by atoms with E-state index in [9.17, 15) is 4.79 Å². The summed E-state index contributed by atoms with van der Waals surface area (Å²) in [7, 11) is 0. The summed E-state index contributed by atoms with van der Waals surface area (Å²) in [5, 5.41) is 0. The number of nitrogen functional groups attached to an aromatic ring is 2. The Labute approximate surface area is 85.6 Å². The molecule has 82 valence electrons. The normalized spacial score (nSPS) is 9.53. The maximum atomic E-state index is 11.2. The Balaban J connectivity index is 2.97. The molecule has 0 aliphatic heterocycles. The third kappa shape index (κ3) is 2.54. The zero-order chi connectivity index (χ0) is 11.3. The molecule has 1 aromatic carbocycles. The van der Waals surface area contributed by atoms with Gasteiger partial charge in [-0.25, -0.2) is 10.6 Å². The van der Waals surface area contributed by atoms with Crippen molar-refractivity contribution >= 4 is 17.3 Å². The molecule has 15 heavy (non-hydrogen) atoms. The smallest absolute Gasteiger partial charge is 0.351 e. The summed E-state index contributed by atoms with van der Waals surface area (Å²) in [5.74, 6) is 14.6. The molecule has 0 heterocycles. The van der Waals surface area contributed by atoms with Crippen LogP contribution in [0.5, 0.6) is 0 Å². The fourth-order valence-corrected chi connectivity index (χ4v) is 1.03. The molecule has 8 heteroatoms. The molecule has 0 aromatic heterocycles. The highest BCUT2D eigenvalue weighted by Gasteiger charge is 2.09. The highest BCUT2D eigenvalue weighted by Crippen LogP contribution is 2.21. The number of benzene rings is 1.